The fraction of sp³-hybridized carbons (Fsp3) is 0.500. The van der Waals surface area contributed by atoms with E-state index in [-0.39, 0.29) is 11.8 Å². The van der Waals surface area contributed by atoms with E-state index in [9.17, 15) is 4.79 Å². The molecule has 1 aromatic rings. The average Bonchev–Trinajstić information content (AvgIpc) is 2.37. The van der Waals surface area contributed by atoms with Crippen molar-refractivity contribution in [1.82, 2.24) is 5.32 Å². The maximum absolute atomic E-state index is 12.2. The Kier molecular flexibility index (Phi) is 4.02. The molecule has 1 aliphatic rings. The molecule has 0 radical (unpaired) electrons. The van der Waals surface area contributed by atoms with Crippen LogP contribution in [-0.4, -0.2) is 24.6 Å². The van der Waals surface area contributed by atoms with Gasteiger partial charge in [-0.05, 0) is 44.0 Å². The van der Waals surface area contributed by atoms with Crippen molar-refractivity contribution in [3.8, 4) is 5.75 Å². The Labute approximate surface area is 118 Å². The minimum absolute atomic E-state index is 0.0268. The van der Waals surface area contributed by atoms with Crippen molar-refractivity contribution in [3.05, 3.63) is 28.8 Å². The Bertz CT molecular complexity index is 488. The van der Waals surface area contributed by atoms with Crippen molar-refractivity contribution in [2.75, 3.05) is 13.2 Å². The third-order valence-corrected chi connectivity index (χ3v) is 3.51. The van der Waals surface area contributed by atoms with Crippen LogP contribution in [0.25, 0.3) is 0 Å². The first-order valence-electron chi connectivity index (χ1n) is 6.34. The van der Waals surface area contributed by atoms with Crippen LogP contribution in [0.2, 0.25) is 5.02 Å². The molecule has 19 heavy (non-hydrogen) atoms. The number of ether oxygens (including phenoxy) is 1. The third-order valence-electron chi connectivity index (χ3n) is 3.27. The molecule has 4 nitrogen and oxygen atoms in total. The second kappa shape index (κ2) is 5.39. The van der Waals surface area contributed by atoms with Crippen molar-refractivity contribution in [1.29, 1.82) is 0 Å². The van der Waals surface area contributed by atoms with Crippen LogP contribution in [0.4, 0.5) is 0 Å². The van der Waals surface area contributed by atoms with Crippen LogP contribution in [0.1, 0.15) is 19.4 Å². The summed E-state index contributed by atoms with van der Waals surface area (Å²) in [6.07, 6.45) is 0.641. The molecule has 0 aliphatic carbocycles. The van der Waals surface area contributed by atoms with Crippen LogP contribution in [0, 0.1) is 5.92 Å². The van der Waals surface area contributed by atoms with Gasteiger partial charge in [0.2, 0.25) is 5.91 Å². The fourth-order valence-corrected chi connectivity index (χ4v) is 2.21. The number of benzene rings is 1. The molecule has 104 valence electrons. The number of rotatable bonds is 3. The molecular formula is C14H19ClN2O2. The maximum Gasteiger partial charge on any atom is 0.227 e. The largest absolute Gasteiger partial charge is 0.492 e. The zero-order chi connectivity index (χ0) is 14.0. The molecule has 0 fully saturated rings. The predicted molar refractivity (Wildman–Crippen MR) is 75.4 cm³/mol. The van der Waals surface area contributed by atoms with E-state index in [1.165, 1.54) is 0 Å². The number of halogens is 1. The number of hydrogen-bond acceptors (Lipinski definition) is 3. The molecule has 1 amide bonds. The highest BCUT2D eigenvalue weighted by Gasteiger charge is 2.29. The van der Waals surface area contributed by atoms with Crippen molar-refractivity contribution in [3.63, 3.8) is 0 Å². The maximum atomic E-state index is 12.2. The summed E-state index contributed by atoms with van der Waals surface area (Å²) in [7, 11) is 0. The van der Waals surface area contributed by atoms with E-state index >= 15 is 0 Å². The molecule has 1 atom stereocenters. The first kappa shape index (κ1) is 14.2. The van der Waals surface area contributed by atoms with Crippen molar-refractivity contribution in [2.24, 2.45) is 11.7 Å². The zero-order valence-electron chi connectivity index (χ0n) is 11.2. The van der Waals surface area contributed by atoms with Gasteiger partial charge in [0.25, 0.3) is 0 Å². The molecule has 2 rings (SSSR count). The van der Waals surface area contributed by atoms with Gasteiger partial charge in [-0.25, -0.2) is 0 Å². The second-order valence-corrected chi connectivity index (χ2v) is 5.98. The van der Waals surface area contributed by atoms with Gasteiger partial charge in [0.15, 0.2) is 0 Å². The highest BCUT2D eigenvalue weighted by molar-refractivity contribution is 6.30. The molecule has 0 bridgehead atoms. The quantitative estimate of drug-likeness (QED) is 0.888. The second-order valence-electron chi connectivity index (χ2n) is 5.54. The van der Waals surface area contributed by atoms with E-state index in [0.29, 0.717) is 24.6 Å². The lowest BCUT2D eigenvalue weighted by molar-refractivity contribution is -0.127. The first-order valence-corrected chi connectivity index (χ1v) is 6.72. The van der Waals surface area contributed by atoms with Crippen LogP contribution in [-0.2, 0) is 11.2 Å². The molecule has 5 heteroatoms. The Morgan fingerprint density at radius 2 is 2.32 bits per heavy atom. The molecule has 0 aromatic heterocycles. The van der Waals surface area contributed by atoms with Crippen LogP contribution in [0.5, 0.6) is 5.75 Å². The van der Waals surface area contributed by atoms with Gasteiger partial charge in [0.05, 0.1) is 5.92 Å². The monoisotopic (exact) mass is 282 g/mol. The number of amides is 1. The number of nitrogens with one attached hydrogen (secondary N) is 1. The molecule has 0 spiro atoms. The number of nitrogens with two attached hydrogens (primary N) is 1. The minimum Gasteiger partial charge on any atom is -0.492 e. The normalized spacial score (nSPS) is 18.4. The Morgan fingerprint density at radius 1 is 1.58 bits per heavy atom. The lowest BCUT2D eigenvalue weighted by Gasteiger charge is -2.30. The van der Waals surface area contributed by atoms with Gasteiger partial charge in [-0.15, -0.1) is 0 Å². The summed E-state index contributed by atoms with van der Waals surface area (Å²) in [5, 5.41) is 3.60. The Balaban J connectivity index is 2.07. The molecule has 1 unspecified atom stereocenters. The first-order chi connectivity index (χ1) is 8.91. The topological polar surface area (TPSA) is 64.3 Å². The average molecular weight is 283 g/mol. The Morgan fingerprint density at radius 3 is 3.00 bits per heavy atom. The van der Waals surface area contributed by atoms with E-state index in [0.717, 1.165) is 11.3 Å². The number of fused-ring (bicyclic) bond motifs is 1. The van der Waals surface area contributed by atoms with Crippen LogP contribution in [0.3, 0.4) is 0 Å². The zero-order valence-corrected chi connectivity index (χ0v) is 12.0. The Hall–Kier alpha value is -1.26. The van der Waals surface area contributed by atoms with Gasteiger partial charge < -0.3 is 15.8 Å². The van der Waals surface area contributed by atoms with Crippen molar-refractivity contribution < 1.29 is 9.53 Å². The fourth-order valence-electron chi connectivity index (χ4n) is 2.02. The molecule has 0 saturated heterocycles. The van der Waals surface area contributed by atoms with Gasteiger partial charge >= 0.3 is 0 Å². The molecule has 1 heterocycles. The number of carbonyl (C=O) groups is 1. The summed E-state index contributed by atoms with van der Waals surface area (Å²) in [6.45, 7) is 4.59. The highest BCUT2D eigenvalue weighted by atomic mass is 35.5. The molecule has 0 saturated carbocycles. The molecular weight excluding hydrogens is 264 g/mol. The van der Waals surface area contributed by atoms with Crippen LogP contribution < -0.4 is 15.8 Å². The standard InChI is InChI=1S/C14H19ClN2O2/c1-14(2,8-16)17-13(18)10-5-9-6-11(15)3-4-12(9)19-7-10/h3-4,6,10H,5,7-8,16H2,1-2H3,(H,17,18). The molecule has 1 aromatic carbocycles. The summed E-state index contributed by atoms with van der Waals surface area (Å²) >= 11 is 5.96. The van der Waals surface area contributed by atoms with Crippen molar-refractivity contribution >= 4 is 17.5 Å². The predicted octanol–water partition coefficient (Wildman–Crippen LogP) is 1.74. The lowest BCUT2D eigenvalue weighted by atomic mass is 9.94. The van der Waals surface area contributed by atoms with Gasteiger partial charge in [-0.3, -0.25) is 4.79 Å². The third kappa shape index (κ3) is 3.39. The van der Waals surface area contributed by atoms with E-state index in [2.05, 4.69) is 5.32 Å². The SMILES string of the molecule is CC(C)(CN)NC(=O)C1COc2ccc(Cl)cc2C1. The summed E-state index contributed by atoms with van der Waals surface area (Å²) < 4.78 is 5.61. The summed E-state index contributed by atoms with van der Waals surface area (Å²) in [5.41, 5.74) is 6.20. The molecule has 1 aliphatic heterocycles. The smallest absolute Gasteiger partial charge is 0.227 e. The molecule has 3 N–H and O–H groups in total. The van der Waals surface area contributed by atoms with Crippen LogP contribution in [0.15, 0.2) is 18.2 Å². The van der Waals surface area contributed by atoms with Crippen LogP contribution >= 0.6 is 11.6 Å². The van der Waals surface area contributed by atoms with Gasteiger partial charge in [-0.1, -0.05) is 11.6 Å². The highest BCUT2D eigenvalue weighted by Crippen LogP contribution is 2.30. The van der Waals surface area contributed by atoms with Gasteiger partial charge in [-0.2, -0.15) is 0 Å². The summed E-state index contributed by atoms with van der Waals surface area (Å²) in [5.74, 6) is 0.587. The minimum atomic E-state index is -0.397. The van der Waals surface area contributed by atoms with E-state index in [1.54, 1.807) is 6.07 Å². The number of hydrogen-bond donors (Lipinski definition) is 2. The van der Waals surface area contributed by atoms with Crippen molar-refractivity contribution in [2.45, 2.75) is 25.8 Å². The van der Waals surface area contributed by atoms with E-state index < -0.39 is 5.54 Å². The lowest BCUT2D eigenvalue weighted by Crippen LogP contribution is -2.52. The van der Waals surface area contributed by atoms with Gasteiger partial charge in [0.1, 0.15) is 12.4 Å². The summed E-state index contributed by atoms with van der Waals surface area (Å²) in [4.78, 5) is 12.2. The summed E-state index contributed by atoms with van der Waals surface area (Å²) in [6, 6.07) is 5.48. The van der Waals surface area contributed by atoms with E-state index in [1.807, 2.05) is 26.0 Å². The number of carbonyl (C=O) groups excluding carboxylic acids is 1. The van der Waals surface area contributed by atoms with E-state index in [4.69, 9.17) is 22.1 Å². The van der Waals surface area contributed by atoms with Gasteiger partial charge in [0, 0.05) is 17.1 Å².